The Morgan fingerprint density at radius 2 is 1.86 bits per heavy atom. The molecule has 2 bridgehead atoms. The fraction of sp³-hybridized carbons (Fsp3) is 0.409. The molecular weight excluding hydrogens is 350 g/mol. The molecule has 3 aromatic rings. The third-order valence-corrected chi connectivity index (χ3v) is 6.28. The van der Waals surface area contributed by atoms with Gasteiger partial charge in [0.1, 0.15) is 5.75 Å². The van der Waals surface area contributed by atoms with Crippen LogP contribution in [0.5, 0.6) is 5.75 Å². The van der Waals surface area contributed by atoms with Crippen molar-refractivity contribution in [2.45, 2.75) is 50.2 Å². The second-order valence-corrected chi connectivity index (χ2v) is 8.10. The smallest absolute Gasteiger partial charge is 0.151 e. The van der Waals surface area contributed by atoms with Gasteiger partial charge in [-0.25, -0.2) is 0 Å². The first-order valence-electron chi connectivity index (χ1n) is 10.1. The molecule has 5 rings (SSSR count). The Morgan fingerprint density at radius 3 is 2.61 bits per heavy atom. The lowest BCUT2D eigenvalue weighted by molar-refractivity contribution is 0.219. The van der Waals surface area contributed by atoms with Crippen molar-refractivity contribution in [1.82, 2.24) is 20.5 Å². The van der Waals surface area contributed by atoms with Crippen molar-refractivity contribution < 1.29 is 5.11 Å². The van der Waals surface area contributed by atoms with Crippen molar-refractivity contribution in [3.63, 3.8) is 0 Å². The van der Waals surface area contributed by atoms with Crippen molar-refractivity contribution in [2.24, 2.45) is 0 Å². The number of pyridine rings is 1. The van der Waals surface area contributed by atoms with E-state index in [2.05, 4.69) is 32.4 Å². The third-order valence-electron chi connectivity index (χ3n) is 6.28. The Kier molecular flexibility index (Phi) is 4.36. The number of hydrogen-bond acceptors (Lipinski definition) is 6. The highest BCUT2D eigenvalue weighted by atomic mass is 16.3. The normalized spacial score (nSPS) is 24.2. The average molecular weight is 375 g/mol. The molecule has 3 atom stereocenters. The lowest BCUT2D eigenvalue weighted by Crippen LogP contribution is -2.54. The molecule has 2 aliphatic rings. The number of piperidine rings is 2. The van der Waals surface area contributed by atoms with Gasteiger partial charge in [0.25, 0.3) is 0 Å². The minimum absolute atomic E-state index is 0.196. The van der Waals surface area contributed by atoms with E-state index in [9.17, 15) is 5.11 Å². The lowest BCUT2D eigenvalue weighted by Gasteiger charge is -2.43. The van der Waals surface area contributed by atoms with Gasteiger partial charge in [0.2, 0.25) is 0 Å². The summed E-state index contributed by atoms with van der Waals surface area (Å²) < 4.78 is 0. The molecule has 0 amide bonds. The highest BCUT2D eigenvalue weighted by Gasteiger charge is 2.33. The second kappa shape index (κ2) is 7.02. The van der Waals surface area contributed by atoms with E-state index in [-0.39, 0.29) is 5.75 Å². The summed E-state index contributed by atoms with van der Waals surface area (Å²) in [4.78, 5) is 6.38. The molecule has 2 aliphatic heterocycles. The summed E-state index contributed by atoms with van der Waals surface area (Å²) >= 11 is 0. The monoisotopic (exact) mass is 375 g/mol. The molecule has 4 heterocycles. The Bertz CT molecular complexity index is 978. The molecule has 28 heavy (non-hydrogen) atoms. The largest absolute Gasteiger partial charge is 0.507 e. The van der Waals surface area contributed by atoms with E-state index in [0.29, 0.717) is 29.4 Å². The molecule has 1 aromatic carbocycles. The molecule has 0 spiro atoms. The predicted molar refractivity (Wildman–Crippen MR) is 110 cm³/mol. The van der Waals surface area contributed by atoms with Gasteiger partial charge < -0.3 is 15.3 Å². The van der Waals surface area contributed by atoms with E-state index in [1.165, 1.54) is 19.3 Å². The van der Waals surface area contributed by atoms with Crippen LogP contribution in [0, 0.1) is 0 Å². The summed E-state index contributed by atoms with van der Waals surface area (Å²) in [7, 11) is 2.12. The first-order chi connectivity index (χ1) is 13.7. The third kappa shape index (κ3) is 3.18. The SMILES string of the molecule is CN(c1ccc(-c2cc3ccncc3cc2O)nn1)C1C[C@H]2CCC[C@@H](C1)N2. The second-order valence-electron chi connectivity index (χ2n) is 8.10. The predicted octanol–water partition coefficient (Wildman–Crippen LogP) is 3.51. The van der Waals surface area contributed by atoms with Gasteiger partial charge in [0.15, 0.2) is 5.82 Å². The van der Waals surface area contributed by atoms with Crippen LogP contribution in [0.2, 0.25) is 0 Å². The molecule has 0 saturated carbocycles. The van der Waals surface area contributed by atoms with Crippen molar-refractivity contribution >= 4 is 16.6 Å². The molecule has 144 valence electrons. The number of aromatic hydroxyl groups is 1. The Labute approximate surface area is 164 Å². The zero-order valence-electron chi connectivity index (χ0n) is 16.0. The van der Waals surface area contributed by atoms with Crippen LogP contribution < -0.4 is 10.2 Å². The van der Waals surface area contributed by atoms with Crippen molar-refractivity contribution in [1.29, 1.82) is 0 Å². The quantitative estimate of drug-likeness (QED) is 0.730. The minimum atomic E-state index is 0.196. The van der Waals surface area contributed by atoms with Crippen LogP contribution in [0.15, 0.2) is 42.7 Å². The van der Waals surface area contributed by atoms with Crippen LogP contribution in [0.4, 0.5) is 5.82 Å². The van der Waals surface area contributed by atoms with E-state index in [0.717, 1.165) is 29.4 Å². The molecule has 2 aromatic heterocycles. The first kappa shape index (κ1) is 17.4. The summed E-state index contributed by atoms with van der Waals surface area (Å²) in [5.74, 6) is 1.08. The zero-order valence-corrected chi connectivity index (χ0v) is 16.0. The van der Waals surface area contributed by atoms with Gasteiger partial charge in [-0.05, 0) is 61.4 Å². The van der Waals surface area contributed by atoms with Gasteiger partial charge in [0, 0.05) is 48.5 Å². The van der Waals surface area contributed by atoms with Crippen LogP contribution in [0.25, 0.3) is 22.0 Å². The zero-order chi connectivity index (χ0) is 19.1. The standard InChI is InChI=1S/C22H25N5O/c1-27(18-11-16-3-2-4-17(12-18)24-16)22-6-5-20(25-26-22)19-9-14-7-8-23-13-15(14)10-21(19)28/h5-10,13,16-18,24,28H,2-4,11-12H2,1H3/t16-,17+,18?. The summed E-state index contributed by atoms with van der Waals surface area (Å²) in [5.41, 5.74) is 1.37. The summed E-state index contributed by atoms with van der Waals surface area (Å²) in [6, 6.07) is 11.3. The summed E-state index contributed by atoms with van der Waals surface area (Å²) in [6.07, 6.45) is 9.73. The molecule has 0 radical (unpaired) electrons. The van der Waals surface area contributed by atoms with E-state index < -0.39 is 0 Å². The molecule has 6 heteroatoms. The van der Waals surface area contributed by atoms with Gasteiger partial charge in [-0.2, -0.15) is 0 Å². The highest BCUT2D eigenvalue weighted by Crippen LogP contribution is 2.33. The van der Waals surface area contributed by atoms with Crippen molar-refractivity contribution in [3.8, 4) is 17.0 Å². The van der Waals surface area contributed by atoms with Crippen molar-refractivity contribution in [2.75, 3.05) is 11.9 Å². The average Bonchev–Trinajstić information content (AvgIpc) is 2.72. The molecule has 2 fully saturated rings. The molecule has 2 N–H and O–H groups in total. The number of nitrogens with one attached hydrogen (secondary N) is 1. The van der Waals surface area contributed by atoms with Crippen LogP contribution in [-0.2, 0) is 0 Å². The number of fused-ring (bicyclic) bond motifs is 3. The van der Waals surface area contributed by atoms with Crippen LogP contribution in [-0.4, -0.2) is 45.5 Å². The van der Waals surface area contributed by atoms with Crippen molar-refractivity contribution in [3.05, 3.63) is 42.7 Å². The van der Waals surface area contributed by atoms with E-state index in [4.69, 9.17) is 0 Å². The fourth-order valence-corrected chi connectivity index (χ4v) is 4.72. The van der Waals surface area contributed by atoms with E-state index in [1.807, 2.05) is 24.3 Å². The highest BCUT2D eigenvalue weighted by molar-refractivity contribution is 5.89. The van der Waals surface area contributed by atoms with Gasteiger partial charge >= 0.3 is 0 Å². The number of nitrogens with zero attached hydrogens (tertiary/aromatic N) is 4. The van der Waals surface area contributed by atoms with E-state index >= 15 is 0 Å². The summed E-state index contributed by atoms with van der Waals surface area (Å²) in [6.45, 7) is 0. The first-order valence-corrected chi connectivity index (χ1v) is 10.1. The van der Waals surface area contributed by atoms with Crippen LogP contribution in [0.1, 0.15) is 32.1 Å². The number of phenols is 1. The lowest BCUT2D eigenvalue weighted by atomic mass is 9.83. The summed E-state index contributed by atoms with van der Waals surface area (Å²) in [5, 5.41) is 25.0. The van der Waals surface area contributed by atoms with Gasteiger partial charge in [-0.1, -0.05) is 6.42 Å². The van der Waals surface area contributed by atoms with Gasteiger partial charge in [-0.15, -0.1) is 10.2 Å². The van der Waals surface area contributed by atoms with Gasteiger partial charge in [0.05, 0.1) is 5.69 Å². The van der Waals surface area contributed by atoms with Crippen LogP contribution in [0.3, 0.4) is 0 Å². The van der Waals surface area contributed by atoms with Gasteiger partial charge in [-0.3, -0.25) is 4.98 Å². The molecule has 0 aliphatic carbocycles. The Hall–Kier alpha value is -2.73. The van der Waals surface area contributed by atoms with Crippen LogP contribution >= 0.6 is 0 Å². The maximum atomic E-state index is 10.4. The topological polar surface area (TPSA) is 74.2 Å². The van der Waals surface area contributed by atoms with E-state index in [1.54, 1.807) is 18.5 Å². The Balaban J connectivity index is 1.39. The number of anilines is 1. The minimum Gasteiger partial charge on any atom is -0.507 e. The Morgan fingerprint density at radius 1 is 1.04 bits per heavy atom. The maximum Gasteiger partial charge on any atom is 0.151 e. The fourth-order valence-electron chi connectivity index (χ4n) is 4.72. The molecule has 1 unspecified atom stereocenters. The maximum absolute atomic E-state index is 10.4. The number of hydrogen-bond donors (Lipinski definition) is 2. The number of aromatic nitrogens is 3. The molecule has 2 saturated heterocycles. The molecule has 6 nitrogen and oxygen atoms in total. The number of benzene rings is 1. The number of rotatable bonds is 3. The molecular formula is C22H25N5O. The number of phenolic OH excluding ortho intramolecular Hbond substituents is 1.